The fourth-order valence-electron chi connectivity index (χ4n) is 3.40. The van der Waals surface area contributed by atoms with Crippen molar-refractivity contribution in [2.75, 3.05) is 7.11 Å². The van der Waals surface area contributed by atoms with Crippen LogP contribution in [0.3, 0.4) is 0 Å². The molecule has 0 radical (unpaired) electrons. The fourth-order valence-corrected chi connectivity index (χ4v) is 3.40. The molecule has 0 spiro atoms. The molecule has 2 rings (SSSR count). The number of ether oxygens (including phenoxy) is 1. The zero-order chi connectivity index (χ0) is 17.2. The Balaban J connectivity index is 2.21. The molecule has 1 aliphatic rings. The number of Topliss-reactive ketones (excluding diaryl/α,β-unsaturated/α-hetero) is 1. The summed E-state index contributed by atoms with van der Waals surface area (Å²) in [6.07, 6.45) is 2.56. The highest BCUT2D eigenvalue weighted by molar-refractivity contribution is 6.02. The van der Waals surface area contributed by atoms with Gasteiger partial charge in [-0.05, 0) is 37.2 Å². The van der Waals surface area contributed by atoms with Gasteiger partial charge in [0.15, 0.2) is 5.78 Å². The summed E-state index contributed by atoms with van der Waals surface area (Å²) in [6.45, 7) is 8.27. The average Bonchev–Trinajstić information content (AvgIpc) is 3.04. The normalized spacial score (nSPS) is 22.8. The first-order valence-corrected chi connectivity index (χ1v) is 8.09. The highest BCUT2D eigenvalue weighted by atomic mass is 16.5. The first-order chi connectivity index (χ1) is 10.8. The van der Waals surface area contributed by atoms with Crippen LogP contribution >= 0.6 is 0 Å². The van der Waals surface area contributed by atoms with E-state index in [1.54, 1.807) is 0 Å². The molecule has 1 aromatic rings. The highest BCUT2D eigenvalue weighted by Crippen LogP contribution is 2.60. The molecule has 3 atom stereocenters. The maximum absolute atomic E-state index is 13.0. The molecule has 3 unspecified atom stereocenters. The predicted octanol–water partition coefficient (Wildman–Crippen LogP) is 3.83. The van der Waals surface area contributed by atoms with E-state index in [0.717, 1.165) is 5.56 Å². The van der Waals surface area contributed by atoms with Gasteiger partial charge >= 0.3 is 5.97 Å². The second-order valence-electron chi connectivity index (χ2n) is 7.24. The molecule has 0 N–H and O–H groups in total. The monoisotopic (exact) mass is 314 g/mol. The van der Waals surface area contributed by atoms with Gasteiger partial charge in [-0.1, -0.05) is 55.8 Å². The molecule has 0 saturated heterocycles. The number of hydrogen-bond acceptors (Lipinski definition) is 3. The van der Waals surface area contributed by atoms with E-state index in [1.165, 1.54) is 12.7 Å². The summed E-state index contributed by atoms with van der Waals surface area (Å²) in [4.78, 5) is 25.2. The van der Waals surface area contributed by atoms with Crippen molar-refractivity contribution < 1.29 is 14.3 Å². The molecular weight excluding hydrogens is 288 g/mol. The van der Waals surface area contributed by atoms with Crippen molar-refractivity contribution in [1.29, 1.82) is 0 Å². The first-order valence-electron chi connectivity index (χ1n) is 8.09. The lowest BCUT2D eigenvalue weighted by Crippen LogP contribution is -2.30. The molecule has 3 nitrogen and oxygen atoms in total. The summed E-state index contributed by atoms with van der Waals surface area (Å²) in [5.41, 5.74) is 2.10. The zero-order valence-corrected chi connectivity index (χ0v) is 14.6. The molecule has 124 valence electrons. The van der Waals surface area contributed by atoms with E-state index in [4.69, 9.17) is 4.74 Å². The fraction of sp³-hybridized carbons (Fsp3) is 0.500. The van der Waals surface area contributed by atoms with Crippen LogP contribution in [0.25, 0.3) is 0 Å². The minimum Gasteiger partial charge on any atom is -0.468 e. The molecule has 0 heterocycles. The number of ketones is 1. The molecule has 0 amide bonds. The van der Waals surface area contributed by atoms with E-state index in [1.807, 2.05) is 44.2 Å². The van der Waals surface area contributed by atoms with Crippen molar-refractivity contribution in [2.24, 2.45) is 23.2 Å². The summed E-state index contributed by atoms with van der Waals surface area (Å²) in [6, 6.07) is 9.64. The van der Waals surface area contributed by atoms with Gasteiger partial charge in [0.1, 0.15) is 5.92 Å². The van der Waals surface area contributed by atoms with Crippen LogP contribution in [0.15, 0.2) is 42.0 Å². The Labute approximate surface area is 138 Å². The minimum absolute atomic E-state index is 0.00760. The van der Waals surface area contributed by atoms with Crippen LogP contribution in [-0.4, -0.2) is 18.9 Å². The van der Waals surface area contributed by atoms with Crippen LogP contribution in [0.5, 0.6) is 0 Å². The third-order valence-corrected chi connectivity index (χ3v) is 4.84. The van der Waals surface area contributed by atoms with Crippen LogP contribution in [-0.2, 0) is 20.7 Å². The molecule has 1 aromatic carbocycles. The van der Waals surface area contributed by atoms with Crippen molar-refractivity contribution in [2.45, 2.75) is 34.1 Å². The smallest absolute Gasteiger partial charge is 0.316 e. The Bertz CT molecular complexity index is 609. The quantitative estimate of drug-likeness (QED) is 0.455. The number of methoxy groups -OCH3 is 1. The van der Waals surface area contributed by atoms with Crippen molar-refractivity contribution in [1.82, 2.24) is 0 Å². The number of carbonyl (C=O) groups excluding carboxylic acids is 2. The van der Waals surface area contributed by atoms with Crippen molar-refractivity contribution in [3.8, 4) is 0 Å². The highest BCUT2D eigenvalue weighted by Gasteiger charge is 2.61. The summed E-state index contributed by atoms with van der Waals surface area (Å²) < 4.78 is 4.89. The maximum Gasteiger partial charge on any atom is 0.316 e. The second kappa shape index (κ2) is 6.69. The number of allylic oxidation sites excluding steroid dienone is 2. The Hall–Kier alpha value is -1.90. The molecule has 0 aliphatic heterocycles. The van der Waals surface area contributed by atoms with E-state index < -0.39 is 11.9 Å². The van der Waals surface area contributed by atoms with Crippen molar-refractivity contribution in [3.05, 3.63) is 47.5 Å². The van der Waals surface area contributed by atoms with Gasteiger partial charge in [-0.2, -0.15) is 0 Å². The number of carbonyl (C=O) groups is 2. The average molecular weight is 314 g/mol. The number of rotatable bonds is 6. The van der Waals surface area contributed by atoms with Gasteiger partial charge in [0.2, 0.25) is 0 Å². The van der Waals surface area contributed by atoms with Gasteiger partial charge in [0.25, 0.3) is 0 Å². The van der Waals surface area contributed by atoms with E-state index >= 15 is 0 Å². The van der Waals surface area contributed by atoms with Gasteiger partial charge < -0.3 is 4.74 Å². The lowest BCUT2D eigenvalue weighted by Gasteiger charge is -2.14. The number of esters is 1. The summed E-state index contributed by atoms with van der Waals surface area (Å²) in [7, 11) is 1.35. The molecule has 23 heavy (non-hydrogen) atoms. The standard InChI is InChI=1S/C20H26O3/c1-13(2)11-16-17(20(16,3)4)18(21)15(19(22)23-5)12-14-9-7-6-8-10-14/h6-11,15-17H,12H2,1-5H3. The molecular formula is C20H26O3. The largest absolute Gasteiger partial charge is 0.468 e. The molecule has 3 heteroatoms. The van der Waals surface area contributed by atoms with Gasteiger partial charge in [-0.25, -0.2) is 0 Å². The number of benzene rings is 1. The van der Waals surface area contributed by atoms with Crippen LogP contribution in [0.2, 0.25) is 0 Å². The Morgan fingerprint density at radius 2 is 1.83 bits per heavy atom. The van der Waals surface area contributed by atoms with Crippen LogP contribution in [0.4, 0.5) is 0 Å². The molecule has 1 fully saturated rings. The Morgan fingerprint density at radius 1 is 1.22 bits per heavy atom. The summed E-state index contributed by atoms with van der Waals surface area (Å²) in [5.74, 6) is -1.04. The lowest BCUT2D eigenvalue weighted by atomic mass is 9.90. The van der Waals surface area contributed by atoms with E-state index in [2.05, 4.69) is 19.9 Å². The zero-order valence-electron chi connectivity index (χ0n) is 14.6. The van der Waals surface area contributed by atoms with Gasteiger partial charge in [0, 0.05) is 5.92 Å². The van der Waals surface area contributed by atoms with Crippen molar-refractivity contribution >= 4 is 11.8 Å². The number of hydrogen-bond donors (Lipinski definition) is 0. The van der Waals surface area contributed by atoms with Gasteiger partial charge in [-0.15, -0.1) is 0 Å². The predicted molar refractivity (Wildman–Crippen MR) is 90.9 cm³/mol. The van der Waals surface area contributed by atoms with Crippen molar-refractivity contribution in [3.63, 3.8) is 0 Å². The molecule has 0 aromatic heterocycles. The lowest BCUT2D eigenvalue weighted by molar-refractivity contribution is -0.149. The van der Waals surface area contributed by atoms with Crippen LogP contribution in [0, 0.1) is 23.2 Å². The summed E-state index contributed by atoms with van der Waals surface area (Å²) >= 11 is 0. The van der Waals surface area contributed by atoms with E-state index in [9.17, 15) is 9.59 Å². The SMILES string of the molecule is COC(=O)C(Cc1ccccc1)C(=O)C1C(C=C(C)C)C1(C)C. The topological polar surface area (TPSA) is 43.4 Å². The van der Waals surface area contributed by atoms with Crippen LogP contribution in [0.1, 0.15) is 33.3 Å². The van der Waals surface area contributed by atoms with E-state index in [-0.39, 0.29) is 23.0 Å². The van der Waals surface area contributed by atoms with Crippen LogP contribution < -0.4 is 0 Å². The summed E-state index contributed by atoms with van der Waals surface area (Å²) in [5, 5.41) is 0. The molecule has 1 aliphatic carbocycles. The third-order valence-electron chi connectivity index (χ3n) is 4.84. The second-order valence-corrected chi connectivity index (χ2v) is 7.24. The minimum atomic E-state index is -0.720. The maximum atomic E-state index is 13.0. The Kier molecular flexibility index (Phi) is 5.08. The van der Waals surface area contributed by atoms with E-state index in [0.29, 0.717) is 6.42 Å². The van der Waals surface area contributed by atoms with Gasteiger partial charge in [0.05, 0.1) is 7.11 Å². The third kappa shape index (κ3) is 3.72. The molecule has 1 saturated carbocycles. The first kappa shape index (κ1) is 17.5. The van der Waals surface area contributed by atoms with Gasteiger partial charge in [-0.3, -0.25) is 9.59 Å². The molecule has 0 bridgehead atoms. The Morgan fingerprint density at radius 3 is 2.35 bits per heavy atom.